The molecule has 0 saturated carbocycles. The fraction of sp³-hybridized carbons (Fsp3) is 0.455. The first-order valence-electron chi connectivity index (χ1n) is 4.66. The number of benzene rings is 1. The maximum absolute atomic E-state index is 9.53. The Hall–Kier alpha value is -0.860. The fourth-order valence-corrected chi connectivity index (χ4v) is 1.70. The lowest BCUT2D eigenvalue weighted by molar-refractivity contribution is 0.118. The molecule has 1 heterocycles. The highest BCUT2D eigenvalue weighted by Gasteiger charge is 2.25. The minimum absolute atomic E-state index is 0.278. The summed E-state index contributed by atoms with van der Waals surface area (Å²) in [6, 6.07) is 10.2. The Morgan fingerprint density at radius 1 is 1.23 bits per heavy atom. The highest BCUT2D eigenvalue weighted by Crippen LogP contribution is 2.18. The maximum atomic E-state index is 9.53. The first kappa shape index (κ1) is 8.73. The van der Waals surface area contributed by atoms with Gasteiger partial charge in [0.1, 0.15) is 0 Å². The lowest BCUT2D eigenvalue weighted by atomic mass is 9.97. The van der Waals surface area contributed by atoms with Gasteiger partial charge in [0.15, 0.2) is 0 Å². The van der Waals surface area contributed by atoms with Crippen molar-refractivity contribution in [2.45, 2.75) is 12.5 Å². The van der Waals surface area contributed by atoms with Crippen LogP contribution in [0.3, 0.4) is 0 Å². The molecule has 1 aromatic carbocycles. The molecule has 1 aliphatic heterocycles. The molecule has 0 radical (unpaired) electrons. The molecule has 2 rings (SSSR count). The standard InChI is InChI=1S/C11H14O2/c12-11-8-13-7-10(11)6-9-4-2-1-3-5-9/h1-5,10-12H,6-8H2/t10-,11+/m0/s1. The molecular weight excluding hydrogens is 164 g/mol. The van der Waals surface area contributed by atoms with Crippen LogP contribution in [0.2, 0.25) is 0 Å². The normalized spacial score (nSPS) is 27.8. The zero-order valence-electron chi connectivity index (χ0n) is 7.52. The van der Waals surface area contributed by atoms with Crippen LogP contribution >= 0.6 is 0 Å². The van der Waals surface area contributed by atoms with E-state index >= 15 is 0 Å². The largest absolute Gasteiger partial charge is 0.390 e. The van der Waals surface area contributed by atoms with Gasteiger partial charge in [0.2, 0.25) is 0 Å². The van der Waals surface area contributed by atoms with Crippen molar-refractivity contribution in [1.82, 2.24) is 0 Å². The topological polar surface area (TPSA) is 29.5 Å². The van der Waals surface area contributed by atoms with Gasteiger partial charge < -0.3 is 9.84 Å². The molecule has 0 unspecified atom stereocenters. The summed E-state index contributed by atoms with van der Waals surface area (Å²) in [7, 11) is 0. The van der Waals surface area contributed by atoms with E-state index in [1.807, 2.05) is 18.2 Å². The second-order valence-corrected chi connectivity index (χ2v) is 3.55. The van der Waals surface area contributed by atoms with Gasteiger partial charge in [-0.25, -0.2) is 0 Å². The molecule has 13 heavy (non-hydrogen) atoms. The van der Waals surface area contributed by atoms with Gasteiger partial charge in [0, 0.05) is 5.92 Å². The Morgan fingerprint density at radius 3 is 2.62 bits per heavy atom. The van der Waals surface area contributed by atoms with Crippen LogP contribution in [-0.4, -0.2) is 24.4 Å². The Bertz CT molecular complexity index is 258. The van der Waals surface area contributed by atoms with Gasteiger partial charge in [-0.3, -0.25) is 0 Å². The van der Waals surface area contributed by atoms with Crippen molar-refractivity contribution in [2.24, 2.45) is 5.92 Å². The Morgan fingerprint density at radius 2 is 2.00 bits per heavy atom. The van der Waals surface area contributed by atoms with Crippen molar-refractivity contribution >= 4 is 0 Å². The third-order valence-electron chi connectivity index (χ3n) is 2.51. The number of hydrogen-bond acceptors (Lipinski definition) is 2. The SMILES string of the molecule is O[C@@H]1COC[C@@H]1Cc1ccccc1. The molecule has 0 spiro atoms. The van der Waals surface area contributed by atoms with E-state index < -0.39 is 0 Å². The Kier molecular flexibility index (Phi) is 2.62. The predicted molar refractivity (Wildman–Crippen MR) is 50.5 cm³/mol. The summed E-state index contributed by atoms with van der Waals surface area (Å²) in [5, 5.41) is 9.53. The van der Waals surface area contributed by atoms with E-state index in [4.69, 9.17) is 4.74 Å². The molecule has 1 N–H and O–H groups in total. The van der Waals surface area contributed by atoms with Gasteiger partial charge in [0.25, 0.3) is 0 Å². The van der Waals surface area contributed by atoms with Crippen LogP contribution in [0.5, 0.6) is 0 Å². The summed E-state index contributed by atoms with van der Waals surface area (Å²) in [5.74, 6) is 0.280. The van der Waals surface area contributed by atoms with E-state index in [2.05, 4.69) is 12.1 Å². The molecule has 1 fully saturated rings. The Labute approximate surface area is 78.2 Å². The van der Waals surface area contributed by atoms with Crippen molar-refractivity contribution in [3.63, 3.8) is 0 Å². The number of ether oxygens (including phenoxy) is 1. The average Bonchev–Trinajstić information content (AvgIpc) is 2.54. The molecule has 0 aromatic heterocycles. The van der Waals surface area contributed by atoms with E-state index in [1.165, 1.54) is 5.56 Å². The summed E-state index contributed by atoms with van der Waals surface area (Å²) in [5.41, 5.74) is 1.28. The van der Waals surface area contributed by atoms with Gasteiger partial charge in [0.05, 0.1) is 19.3 Å². The van der Waals surface area contributed by atoms with Crippen LogP contribution in [0.25, 0.3) is 0 Å². The summed E-state index contributed by atoms with van der Waals surface area (Å²) in [6.45, 7) is 1.19. The van der Waals surface area contributed by atoms with Gasteiger partial charge >= 0.3 is 0 Å². The first-order chi connectivity index (χ1) is 6.36. The van der Waals surface area contributed by atoms with Crippen LogP contribution in [0.1, 0.15) is 5.56 Å². The van der Waals surface area contributed by atoms with Gasteiger partial charge in [-0.15, -0.1) is 0 Å². The van der Waals surface area contributed by atoms with Crippen molar-refractivity contribution in [3.05, 3.63) is 35.9 Å². The van der Waals surface area contributed by atoms with Crippen LogP contribution in [0.4, 0.5) is 0 Å². The molecule has 0 aliphatic carbocycles. The van der Waals surface area contributed by atoms with Crippen molar-refractivity contribution in [2.75, 3.05) is 13.2 Å². The summed E-state index contributed by atoms with van der Waals surface area (Å²) >= 11 is 0. The molecule has 0 amide bonds. The minimum Gasteiger partial charge on any atom is -0.390 e. The van der Waals surface area contributed by atoms with Crippen molar-refractivity contribution in [3.8, 4) is 0 Å². The van der Waals surface area contributed by atoms with Gasteiger partial charge in [-0.05, 0) is 12.0 Å². The third-order valence-corrected chi connectivity index (χ3v) is 2.51. The molecule has 2 nitrogen and oxygen atoms in total. The van der Waals surface area contributed by atoms with Crippen molar-refractivity contribution < 1.29 is 9.84 Å². The van der Waals surface area contributed by atoms with Crippen LogP contribution in [0.15, 0.2) is 30.3 Å². The molecule has 1 aromatic rings. The maximum Gasteiger partial charge on any atom is 0.0826 e. The van der Waals surface area contributed by atoms with Crippen LogP contribution in [-0.2, 0) is 11.2 Å². The second-order valence-electron chi connectivity index (χ2n) is 3.55. The predicted octanol–water partition coefficient (Wildman–Crippen LogP) is 1.24. The molecular formula is C11H14O2. The van der Waals surface area contributed by atoms with Crippen LogP contribution < -0.4 is 0 Å². The van der Waals surface area contributed by atoms with Gasteiger partial charge in [-0.1, -0.05) is 30.3 Å². The van der Waals surface area contributed by atoms with Crippen LogP contribution in [0, 0.1) is 5.92 Å². The monoisotopic (exact) mass is 178 g/mol. The number of aliphatic hydroxyl groups is 1. The molecule has 1 saturated heterocycles. The van der Waals surface area contributed by atoms with E-state index in [-0.39, 0.29) is 12.0 Å². The third kappa shape index (κ3) is 2.08. The zero-order chi connectivity index (χ0) is 9.10. The van der Waals surface area contributed by atoms with Gasteiger partial charge in [-0.2, -0.15) is 0 Å². The minimum atomic E-state index is -0.278. The highest BCUT2D eigenvalue weighted by molar-refractivity contribution is 5.15. The molecule has 2 heteroatoms. The number of rotatable bonds is 2. The molecule has 2 atom stereocenters. The zero-order valence-corrected chi connectivity index (χ0v) is 7.52. The lowest BCUT2D eigenvalue weighted by Crippen LogP contribution is -2.19. The average molecular weight is 178 g/mol. The van der Waals surface area contributed by atoms with E-state index in [0.717, 1.165) is 6.42 Å². The van der Waals surface area contributed by atoms with E-state index in [0.29, 0.717) is 13.2 Å². The summed E-state index contributed by atoms with van der Waals surface area (Å²) in [4.78, 5) is 0. The number of aliphatic hydroxyl groups excluding tert-OH is 1. The Balaban J connectivity index is 1.98. The summed E-state index contributed by atoms with van der Waals surface area (Å²) in [6.07, 6.45) is 0.641. The molecule has 1 aliphatic rings. The lowest BCUT2D eigenvalue weighted by Gasteiger charge is -2.11. The number of hydrogen-bond donors (Lipinski definition) is 1. The highest BCUT2D eigenvalue weighted by atomic mass is 16.5. The fourth-order valence-electron chi connectivity index (χ4n) is 1.70. The van der Waals surface area contributed by atoms with E-state index in [9.17, 15) is 5.11 Å². The second kappa shape index (κ2) is 3.90. The first-order valence-corrected chi connectivity index (χ1v) is 4.66. The molecule has 0 bridgehead atoms. The van der Waals surface area contributed by atoms with E-state index in [1.54, 1.807) is 0 Å². The smallest absolute Gasteiger partial charge is 0.0826 e. The quantitative estimate of drug-likeness (QED) is 0.738. The van der Waals surface area contributed by atoms with Crippen molar-refractivity contribution in [1.29, 1.82) is 0 Å². The summed E-state index contributed by atoms with van der Waals surface area (Å²) < 4.78 is 5.19. The molecule has 70 valence electrons.